The minimum atomic E-state index is 0.435. The zero-order chi connectivity index (χ0) is 10.8. The van der Waals surface area contributed by atoms with Crippen LogP contribution in [-0.4, -0.2) is 22.1 Å². The van der Waals surface area contributed by atoms with Crippen LogP contribution < -0.4 is 4.74 Å². The molecular weight excluding hydrogens is 190 g/mol. The number of hydrogen-bond acceptors (Lipinski definition) is 3. The molecule has 80 valence electrons. The van der Waals surface area contributed by atoms with E-state index >= 15 is 0 Å². The molecule has 0 saturated carbocycles. The molecule has 0 spiro atoms. The molecule has 2 aromatic heterocycles. The molecule has 4 nitrogen and oxygen atoms in total. The van der Waals surface area contributed by atoms with E-state index < -0.39 is 0 Å². The predicted molar refractivity (Wildman–Crippen MR) is 59.1 cm³/mol. The third-order valence-electron chi connectivity index (χ3n) is 2.63. The highest BCUT2D eigenvalue weighted by atomic mass is 16.5. The Kier molecular flexibility index (Phi) is 2.58. The van der Waals surface area contributed by atoms with Gasteiger partial charge in [0.1, 0.15) is 5.82 Å². The van der Waals surface area contributed by atoms with E-state index in [2.05, 4.69) is 28.8 Å². The third kappa shape index (κ3) is 1.79. The summed E-state index contributed by atoms with van der Waals surface area (Å²) in [6.45, 7) is 4.29. The Bertz CT molecular complexity index is 464. The lowest BCUT2D eigenvalue weighted by Gasteiger charge is -2.01. The normalized spacial score (nSPS) is 13.0. The van der Waals surface area contributed by atoms with Crippen LogP contribution in [0.25, 0.3) is 11.2 Å². The molecule has 2 aromatic rings. The second kappa shape index (κ2) is 3.88. The Labute approximate surface area is 88.7 Å². The van der Waals surface area contributed by atoms with Gasteiger partial charge in [0.15, 0.2) is 5.65 Å². The third-order valence-corrected chi connectivity index (χ3v) is 2.63. The van der Waals surface area contributed by atoms with Crippen LogP contribution in [0, 0.1) is 0 Å². The molecule has 0 amide bonds. The average Bonchev–Trinajstić information content (AvgIpc) is 2.70. The predicted octanol–water partition coefficient (Wildman–Crippen LogP) is 2.48. The molecule has 0 fully saturated rings. The Morgan fingerprint density at radius 3 is 2.87 bits per heavy atom. The standard InChI is InChI=1S/C11H15N3O/c1-4-7(2)10-12-8-5-6-9(15-3)13-11(8)14-10/h5-7H,4H2,1-3H3,(H,12,13,14). The number of rotatable bonds is 3. The van der Waals surface area contributed by atoms with Gasteiger partial charge in [-0.3, -0.25) is 0 Å². The first kappa shape index (κ1) is 9.96. The van der Waals surface area contributed by atoms with E-state index in [9.17, 15) is 0 Å². The van der Waals surface area contributed by atoms with Crippen molar-refractivity contribution in [1.29, 1.82) is 0 Å². The number of fused-ring (bicyclic) bond motifs is 1. The van der Waals surface area contributed by atoms with Gasteiger partial charge >= 0.3 is 0 Å². The molecule has 1 N–H and O–H groups in total. The smallest absolute Gasteiger partial charge is 0.215 e. The highest BCUT2D eigenvalue weighted by Crippen LogP contribution is 2.20. The molecule has 1 unspecified atom stereocenters. The van der Waals surface area contributed by atoms with E-state index in [1.54, 1.807) is 7.11 Å². The zero-order valence-electron chi connectivity index (χ0n) is 9.24. The molecule has 2 rings (SSSR count). The SMILES string of the molecule is CCC(C)c1nc2nc(OC)ccc2[nH]1. The van der Waals surface area contributed by atoms with E-state index in [1.165, 1.54) is 0 Å². The number of ether oxygens (including phenoxy) is 1. The van der Waals surface area contributed by atoms with E-state index in [4.69, 9.17) is 4.74 Å². The molecule has 4 heteroatoms. The minimum Gasteiger partial charge on any atom is -0.481 e. The molecule has 15 heavy (non-hydrogen) atoms. The minimum absolute atomic E-state index is 0.435. The Morgan fingerprint density at radius 2 is 2.20 bits per heavy atom. The topological polar surface area (TPSA) is 50.8 Å². The molecule has 0 bridgehead atoms. The van der Waals surface area contributed by atoms with Crippen molar-refractivity contribution in [3.05, 3.63) is 18.0 Å². The summed E-state index contributed by atoms with van der Waals surface area (Å²) in [4.78, 5) is 12.0. The van der Waals surface area contributed by atoms with Crippen LogP contribution in [0.1, 0.15) is 32.0 Å². The second-order valence-electron chi connectivity index (χ2n) is 3.66. The number of pyridine rings is 1. The van der Waals surface area contributed by atoms with Gasteiger partial charge in [0, 0.05) is 12.0 Å². The largest absolute Gasteiger partial charge is 0.481 e. The van der Waals surface area contributed by atoms with Gasteiger partial charge < -0.3 is 9.72 Å². The number of H-pyrrole nitrogens is 1. The number of aromatic amines is 1. The summed E-state index contributed by atoms with van der Waals surface area (Å²) in [5, 5.41) is 0. The van der Waals surface area contributed by atoms with Crippen LogP contribution in [0.2, 0.25) is 0 Å². The summed E-state index contributed by atoms with van der Waals surface area (Å²) in [5.41, 5.74) is 1.69. The van der Waals surface area contributed by atoms with Gasteiger partial charge in [-0.2, -0.15) is 4.98 Å². The van der Waals surface area contributed by atoms with Gasteiger partial charge in [0.2, 0.25) is 5.88 Å². The van der Waals surface area contributed by atoms with E-state index in [0.717, 1.165) is 23.4 Å². The van der Waals surface area contributed by atoms with Crippen LogP contribution in [0.4, 0.5) is 0 Å². The number of imidazole rings is 1. The van der Waals surface area contributed by atoms with E-state index in [1.807, 2.05) is 12.1 Å². The summed E-state index contributed by atoms with van der Waals surface area (Å²) in [6, 6.07) is 3.78. The van der Waals surface area contributed by atoms with Crippen molar-refractivity contribution in [2.24, 2.45) is 0 Å². The fourth-order valence-electron chi connectivity index (χ4n) is 1.43. The zero-order valence-corrected chi connectivity index (χ0v) is 9.24. The maximum atomic E-state index is 5.05. The lowest BCUT2D eigenvalue weighted by atomic mass is 10.1. The fourth-order valence-corrected chi connectivity index (χ4v) is 1.43. The molecule has 0 aliphatic carbocycles. The summed E-state index contributed by atoms with van der Waals surface area (Å²) in [6.07, 6.45) is 1.07. The second-order valence-corrected chi connectivity index (χ2v) is 3.66. The Balaban J connectivity index is 2.46. The molecule has 0 radical (unpaired) electrons. The first-order valence-corrected chi connectivity index (χ1v) is 5.15. The van der Waals surface area contributed by atoms with Gasteiger partial charge in [0.05, 0.1) is 12.6 Å². The van der Waals surface area contributed by atoms with Crippen molar-refractivity contribution in [1.82, 2.24) is 15.0 Å². The van der Waals surface area contributed by atoms with Crippen LogP contribution >= 0.6 is 0 Å². The summed E-state index contributed by atoms with van der Waals surface area (Å²) < 4.78 is 5.05. The van der Waals surface area contributed by atoms with Gasteiger partial charge in [-0.1, -0.05) is 13.8 Å². The van der Waals surface area contributed by atoms with Crippen LogP contribution in [0.3, 0.4) is 0 Å². The number of nitrogens with one attached hydrogen (secondary N) is 1. The van der Waals surface area contributed by atoms with Gasteiger partial charge in [-0.25, -0.2) is 4.98 Å². The molecule has 0 aliphatic heterocycles. The first-order valence-electron chi connectivity index (χ1n) is 5.15. The van der Waals surface area contributed by atoms with Crippen LogP contribution in [-0.2, 0) is 0 Å². The quantitative estimate of drug-likeness (QED) is 0.837. The summed E-state index contributed by atoms with van der Waals surface area (Å²) >= 11 is 0. The first-order chi connectivity index (χ1) is 7.24. The lowest BCUT2D eigenvalue weighted by Crippen LogP contribution is -1.93. The number of nitrogens with zero attached hydrogens (tertiary/aromatic N) is 2. The van der Waals surface area contributed by atoms with Crippen LogP contribution in [0.15, 0.2) is 12.1 Å². The Hall–Kier alpha value is -1.58. The summed E-state index contributed by atoms with van der Waals surface area (Å²) in [5.74, 6) is 2.03. The molecule has 2 heterocycles. The van der Waals surface area contributed by atoms with Crippen molar-refractivity contribution in [2.75, 3.05) is 7.11 Å². The van der Waals surface area contributed by atoms with Crippen LogP contribution in [0.5, 0.6) is 5.88 Å². The van der Waals surface area contributed by atoms with E-state index in [0.29, 0.717) is 11.8 Å². The lowest BCUT2D eigenvalue weighted by molar-refractivity contribution is 0.399. The molecular formula is C11H15N3O. The maximum absolute atomic E-state index is 5.05. The summed E-state index contributed by atoms with van der Waals surface area (Å²) in [7, 11) is 1.61. The van der Waals surface area contributed by atoms with E-state index in [-0.39, 0.29) is 0 Å². The van der Waals surface area contributed by atoms with Gasteiger partial charge in [-0.05, 0) is 12.5 Å². The van der Waals surface area contributed by atoms with Crippen molar-refractivity contribution in [2.45, 2.75) is 26.2 Å². The number of methoxy groups -OCH3 is 1. The molecule has 1 atom stereocenters. The van der Waals surface area contributed by atoms with Gasteiger partial charge in [0.25, 0.3) is 0 Å². The van der Waals surface area contributed by atoms with Crippen molar-refractivity contribution < 1.29 is 4.74 Å². The van der Waals surface area contributed by atoms with Crippen molar-refractivity contribution in [3.63, 3.8) is 0 Å². The van der Waals surface area contributed by atoms with Gasteiger partial charge in [-0.15, -0.1) is 0 Å². The highest BCUT2D eigenvalue weighted by Gasteiger charge is 2.09. The highest BCUT2D eigenvalue weighted by molar-refractivity contribution is 5.71. The average molecular weight is 205 g/mol. The molecule has 0 saturated heterocycles. The van der Waals surface area contributed by atoms with Crippen molar-refractivity contribution in [3.8, 4) is 5.88 Å². The molecule has 0 aliphatic rings. The molecule has 0 aromatic carbocycles. The number of aromatic nitrogens is 3. The van der Waals surface area contributed by atoms with Crippen molar-refractivity contribution >= 4 is 11.2 Å². The maximum Gasteiger partial charge on any atom is 0.215 e. The fraction of sp³-hybridized carbons (Fsp3) is 0.455. The Morgan fingerprint density at radius 1 is 1.40 bits per heavy atom. The number of hydrogen-bond donors (Lipinski definition) is 1. The monoisotopic (exact) mass is 205 g/mol.